The van der Waals surface area contributed by atoms with Crippen LogP contribution >= 0.6 is 0 Å². The molecule has 2 aromatic rings. The first kappa shape index (κ1) is 33.9. The molecule has 7 heteroatoms. The van der Waals surface area contributed by atoms with Crippen LogP contribution in [0.4, 0.5) is 10.5 Å². The van der Waals surface area contributed by atoms with E-state index in [-0.39, 0.29) is 17.7 Å². The van der Waals surface area contributed by atoms with Gasteiger partial charge in [0.25, 0.3) is 5.91 Å². The van der Waals surface area contributed by atoms with Gasteiger partial charge in [0.1, 0.15) is 17.7 Å². The molecule has 2 unspecified atom stereocenters. The van der Waals surface area contributed by atoms with Crippen LogP contribution in [0.5, 0.6) is 0 Å². The van der Waals surface area contributed by atoms with Gasteiger partial charge in [-0.2, -0.15) is 0 Å². The van der Waals surface area contributed by atoms with Gasteiger partial charge in [0.05, 0.1) is 0 Å². The summed E-state index contributed by atoms with van der Waals surface area (Å²) in [5, 5.41) is 5.99. The number of hydrogen-bond donors (Lipinski definition) is 2. The summed E-state index contributed by atoms with van der Waals surface area (Å²) in [5.74, 6) is -0.441. The van der Waals surface area contributed by atoms with Crippen molar-refractivity contribution >= 4 is 23.6 Å². The minimum Gasteiger partial charge on any atom is -0.444 e. The molecule has 0 saturated carbocycles. The van der Waals surface area contributed by atoms with Gasteiger partial charge in [-0.05, 0) is 89.5 Å². The van der Waals surface area contributed by atoms with Crippen molar-refractivity contribution in [2.75, 3.05) is 11.9 Å². The molecule has 0 bridgehead atoms. The molecule has 2 aromatic carbocycles. The molecule has 3 amide bonds. The summed E-state index contributed by atoms with van der Waals surface area (Å²) in [6.45, 7) is 19.7. The van der Waals surface area contributed by atoms with Crippen LogP contribution in [0.1, 0.15) is 101 Å². The van der Waals surface area contributed by atoms with Crippen molar-refractivity contribution in [3.05, 3.63) is 64.2 Å². The number of benzene rings is 2. The molecule has 0 fully saturated rings. The highest BCUT2D eigenvalue weighted by atomic mass is 16.6. The summed E-state index contributed by atoms with van der Waals surface area (Å²) in [6, 6.07) is 10.1. The van der Waals surface area contributed by atoms with Crippen LogP contribution in [-0.2, 0) is 14.3 Å². The molecule has 2 rings (SSSR count). The van der Waals surface area contributed by atoms with Crippen molar-refractivity contribution in [2.45, 2.75) is 113 Å². The Morgan fingerprint density at radius 2 is 1.56 bits per heavy atom. The van der Waals surface area contributed by atoms with E-state index in [2.05, 4.69) is 17.6 Å². The van der Waals surface area contributed by atoms with Crippen molar-refractivity contribution < 1.29 is 19.1 Å². The van der Waals surface area contributed by atoms with E-state index in [0.29, 0.717) is 13.0 Å². The number of rotatable bonds is 12. The molecular formula is C34H51N3O4. The summed E-state index contributed by atoms with van der Waals surface area (Å²) >= 11 is 0. The number of alkyl carbamates (subject to hydrolysis) is 1. The highest BCUT2D eigenvalue weighted by molar-refractivity contribution is 6.00. The first-order valence-electron chi connectivity index (χ1n) is 14.9. The summed E-state index contributed by atoms with van der Waals surface area (Å²) in [6.07, 6.45) is 2.39. The van der Waals surface area contributed by atoms with Crippen LogP contribution in [0.25, 0.3) is 0 Å². The van der Waals surface area contributed by atoms with E-state index in [9.17, 15) is 14.4 Å². The fraction of sp³-hybridized carbons (Fsp3) is 0.559. The molecule has 2 N–H and O–H groups in total. The van der Waals surface area contributed by atoms with Crippen LogP contribution in [0, 0.1) is 33.6 Å². The predicted octanol–water partition coefficient (Wildman–Crippen LogP) is 7.56. The van der Waals surface area contributed by atoms with Crippen molar-refractivity contribution in [1.82, 2.24) is 10.2 Å². The van der Waals surface area contributed by atoms with Crippen LogP contribution in [0.15, 0.2) is 36.4 Å². The molecule has 7 nitrogen and oxygen atoms in total. The van der Waals surface area contributed by atoms with Gasteiger partial charge in [-0.1, -0.05) is 75.6 Å². The van der Waals surface area contributed by atoms with Gasteiger partial charge in [-0.3, -0.25) is 9.59 Å². The molecule has 0 aliphatic carbocycles. The van der Waals surface area contributed by atoms with Gasteiger partial charge in [0, 0.05) is 12.2 Å². The average Bonchev–Trinajstić information content (AvgIpc) is 2.85. The standard InChI is InChI=1S/C34H51N3O4/c1-11-12-13-19-37(32(39)28(20-22(2)3)35-33(40)41-34(8,9)10)30(27-21-23(4)17-18-24(27)5)31(38)36-29-25(6)15-14-16-26(29)7/h14-18,21-22,28,30H,11-13,19-20H2,1-10H3,(H,35,40)(H,36,38). The first-order chi connectivity index (χ1) is 19.1. The Balaban J connectivity index is 2.64. The van der Waals surface area contributed by atoms with Gasteiger partial charge < -0.3 is 20.3 Å². The lowest BCUT2D eigenvalue weighted by Crippen LogP contribution is -2.53. The Labute approximate surface area is 247 Å². The molecule has 0 spiro atoms. The minimum absolute atomic E-state index is 0.124. The second kappa shape index (κ2) is 15.0. The Morgan fingerprint density at radius 3 is 2.12 bits per heavy atom. The van der Waals surface area contributed by atoms with E-state index >= 15 is 0 Å². The zero-order valence-electron chi connectivity index (χ0n) is 26.8. The Hall–Kier alpha value is -3.35. The summed E-state index contributed by atoms with van der Waals surface area (Å²) in [5.41, 5.74) is 4.65. The maximum absolute atomic E-state index is 14.5. The molecule has 2 atom stereocenters. The summed E-state index contributed by atoms with van der Waals surface area (Å²) in [4.78, 5) is 43.3. The topological polar surface area (TPSA) is 87.7 Å². The normalized spacial score (nSPS) is 13.0. The van der Waals surface area contributed by atoms with Crippen LogP contribution < -0.4 is 10.6 Å². The van der Waals surface area contributed by atoms with Crippen molar-refractivity contribution in [1.29, 1.82) is 0 Å². The zero-order valence-corrected chi connectivity index (χ0v) is 26.8. The van der Waals surface area contributed by atoms with Crippen LogP contribution in [0.3, 0.4) is 0 Å². The molecule has 0 saturated heterocycles. The minimum atomic E-state index is -0.881. The quantitative estimate of drug-likeness (QED) is 0.260. The molecule has 0 heterocycles. The Morgan fingerprint density at radius 1 is 0.927 bits per heavy atom. The zero-order chi connectivity index (χ0) is 30.9. The highest BCUT2D eigenvalue weighted by Gasteiger charge is 2.37. The number of unbranched alkanes of at least 4 members (excludes halogenated alkanes) is 2. The number of aryl methyl sites for hydroxylation is 4. The second-order valence-electron chi connectivity index (χ2n) is 12.6. The fourth-order valence-electron chi connectivity index (χ4n) is 4.95. The summed E-state index contributed by atoms with van der Waals surface area (Å²) < 4.78 is 5.51. The number of amides is 3. The van der Waals surface area contributed by atoms with E-state index in [1.807, 2.05) is 77.9 Å². The van der Waals surface area contributed by atoms with Gasteiger partial charge >= 0.3 is 6.09 Å². The SMILES string of the molecule is CCCCCN(C(=O)C(CC(C)C)NC(=O)OC(C)(C)C)C(C(=O)Nc1c(C)cccc1C)c1cc(C)ccc1C. The molecule has 0 aliphatic heterocycles. The van der Waals surface area contributed by atoms with E-state index in [4.69, 9.17) is 4.74 Å². The molecule has 0 aromatic heterocycles. The second-order valence-corrected chi connectivity index (χ2v) is 12.6. The number of para-hydroxylation sites is 1. The van der Waals surface area contributed by atoms with E-state index in [1.165, 1.54) is 0 Å². The molecule has 226 valence electrons. The number of carbonyl (C=O) groups excluding carboxylic acids is 3. The maximum atomic E-state index is 14.5. The number of anilines is 1. The van der Waals surface area contributed by atoms with Gasteiger partial charge in [0.15, 0.2) is 0 Å². The van der Waals surface area contributed by atoms with Crippen molar-refractivity contribution in [2.24, 2.45) is 5.92 Å². The summed E-state index contributed by atoms with van der Waals surface area (Å²) in [7, 11) is 0. The third-order valence-electron chi connectivity index (χ3n) is 7.00. The van der Waals surface area contributed by atoms with Gasteiger partial charge in [-0.15, -0.1) is 0 Å². The number of carbonyl (C=O) groups is 3. The Bertz CT molecular complexity index is 1180. The van der Waals surface area contributed by atoms with E-state index < -0.39 is 23.8 Å². The van der Waals surface area contributed by atoms with Crippen molar-refractivity contribution in [3.63, 3.8) is 0 Å². The fourth-order valence-corrected chi connectivity index (χ4v) is 4.95. The predicted molar refractivity (Wildman–Crippen MR) is 167 cm³/mol. The van der Waals surface area contributed by atoms with Crippen LogP contribution in [0.2, 0.25) is 0 Å². The lowest BCUT2D eigenvalue weighted by molar-refractivity contribution is -0.141. The lowest BCUT2D eigenvalue weighted by atomic mass is 9.94. The molecular weight excluding hydrogens is 514 g/mol. The van der Waals surface area contributed by atoms with Crippen LogP contribution in [-0.4, -0.2) is 41.0 Å². The van der Waals surface area contributed by atoms with E-state index in [1.54, 1.807) is 25.7 Å². The highest BCUT2D eigenvalue weighted by Crippen LogP contribution is 2.30. The van der Waals surface area contributed by atoms with Gasteiger partial charge in [0.2, 0.25) is 5.91 Å². The number of nitrogens with one attached hydrogen (secondary N) is 2. The first-order valence-corrected chi connectivity index (χ1v) is 14.9. The van der Waals surface area contributed by atoms with Crippen molar-refractivity contribution in [3.8, 4) is 0 Å². The number of nitrogens with zero attached hydrogens (tertiary/aromatic N) is 1. The van der Waals surface area contributed by atoms with E-state index in [0.717, 1.165) is 52.8 Å². The molecule has 0 radical (unpaired) electrons. The number of hydrogen-bond acceptors (Lipinski definition) is 4. The molecule has 41 heavy (non-hydrogen) atoms. The Kier molecular flexibility index (Phi) is 12.4. The monoisotopic (exact) mass is 565 g/mol. The average molecular weight is 566 g/mol. The lowest BCUT2D eigenvalue weighted by Gasteiger charge is -2.36. The third-order valence-corrected chi connectivity index (χ3v) is 7.00. The smallest absolute Gasteiger partial charge is 0.408 e. The largest absolute Gasteiger partial charge is 0.444 e. The molecule has 0 aliphatic rings. The third kappa shape index (κ3) is 10.2. The number of ether oxygens (including phenoxy) is 1. The maximum Gasteiger partial charge on any atom is 0.408 e. The van der Waals surface area contributed by atoms with Gasteiger partial charge in [-0.25, -0.2) is 4.79 Å².